The number of alkyl halides is 1. The molecule has 3 heterocycles. The van der Waals surface area contributed by atoms with Gasteiger partial charge in [-0.25, -0.2) is 9.37 Å². The third-order valence-corrected chi connectivity index (χ3v) is 6.27. The Hall–Kier alpha value is -2.92. The maximum absolute atomic E-state index is 13.0. The number of carbonyl (C=O) groups excluding carboxylic acids is 1. The van der Waals surface area contributed by atoms with E-state index in [4.69, 9.17) is 19.9 Å². The van der Waals surface area contributed by atoms with Crippen molar-refractivity contribution in [2.45, 2.75) is 31.7 Å². The van der Waals surface area contributed by atoms with Gasteiger partial charge in [-0.15, -0.1) is 0 Å². The van der Waals surface area contributed by atoms with Crippen molar-refractivity contribution in [1.29, 1.82) is 0 Å². The SMILES string of the molecule is COCCOc1cc(OCF)c2c(N)nc(N3CCN(C(=O)CC4CCCCN4)CC3)nc2c1. The van der Waals surface area contributed by atoms with Crippen molar-refractivity contribution in [2.24, 2.45) is 0 Å². The number of hydrogen-bond acceptors (Lipinski definition) is 9. The number of nitrogens with two attached hydrogens (primary N) is 1. The van der Waals surface area contributed by atoms with Crippen molar-refractivity contribution in [3.05, 3.63) is 12.1 Å². The molecule has 2 aromatic rings. The lowest BCUT2D eigenvalue weighted by molar-refractivity contribution is -0.132. The molecule has 10 nitrogen and oxygen atoms in total. The molecule has 1 atom stereocenters. The van der Waals surface area contributed by atoms with Crippen LogP contribution in [0.2, 0.25) is 0 Å². The Kier molecular flexibility index (Phi) is 8.17. The smallest absolute Gasteiger partial charge is 0.228 e. The number of carbonyl (C=O) groups is 1. The third kappa shape index (κ3) is 5.76. The van der Waals surface area contributed by atoms with E-state index in [0.29, 0.717) is 68.4 Å². The van der Waals surface area contributed by atoms with Gasteiger partial charge >= 0.3 is 0 Å². The van der Waals surface area contributed by atoms with Crippen molar-refractivity contribution >= 4 is 28.6 Å². The van der Waals surface area contributed by atoms with Gasteiger partial charge in [0.2, 0.25) is 18.7 Å². The quantitative estimate of drug-likeness (QED) is 0.522. The van der Waals surface area contributed by atoms with Crippen molar-refractivity contribution in [2.75, 3.05) is 70.5 Å². The zero-order chi connectivity index (χ0) is 23.9. The maximum Gasteiger partial charge on any atom is 0.228 e. The van der Waals surface area contributed by atoms with Gasteiger partial charge in [0.15, 0.2) is 0 Å². The zero-order valence-corrected chi connectivity index (χ0v) is 19.6. The van der Waals surface area contributed by atoms with Crippen molar-refractivity contribution < 1.29 is 23.4 Å². The van der Waals surface area contributed by atoms with Gasteiger partial charge in [0.05, 0.1) is 17.5 Å². The highest BCUT2D eigenvalue weighted by atomic mass is 19.1. The fourth-order valence-corrected chi connectivity index (χ4v) is 4.45. The van der Waals surface area contributed by atoms with E-state index in [1.165, 1.54) is 12.8 Å². The lowest BCUT2D eigenvalue weighted by Gasteiger charge is -2.36. The molecule has 1 aromatic heterocycles. The molecule has 34 heavy (non-hydrogen) atoms. The first-order valence-electron chi connectivity index (χ1n) is 11.8. The second kappa shape index (κ2) is 11.5. The Morgan fingerprint density at radius 1 is 1.18 bits per heavy atom. The van der Waals surface area contributed by atoms with E-state index in [1.807, 2.05) is 9.80 Å². The molecule has 0 aliphatic carbocycles. The number of anilines is 2. The molecule has 0 radical (unpaired) electrons. The molecule has 2 fully saturated rings. The number of nitrogens with zero attached hydrogens (tertiary/aromatic N) is 4. The van der Waals surface area contributed by atoms with Crippen LogP contribution >= 0.6 is 0 Å². The lowest BCUT2D eigenvalue weighted by Crippen LogP contribution is -2.50. The van der Waals surface area contributed by atoms with Crippen LogP contribution in [0.1, 0.15) is 25.7 Å². The molecule has 0 saturated carbocycles. The van der Waals surface area contributed by atoms with Crippen molar-refractivity contribution in [3.63, 3.8) is 0 Å². The summed E-state index contributed by atoms with van der Waals surface area (Å²) in [5.41, 5.74) is 6.74. The number of fused-ring (bicyclic) bond motifs is 1. The Labute approximate surface area is 198 Å². The van der Waals surface area contributed by atoms with Gasteiger partial charge in [-0.2, -0.15) is 4.98 Å². The van der Waals surface area contributed by atoms with Crippen LogP contribution in [0.4, 0.5) is 16.2 Å². The van der Waals surface area contributed by atoms with Crippen LogP contribution in [-0.4, -0.2) is 86.7 Å². The Morgan fingerprint density at radius 2 is 2.00 bits per heavy atom. The van der Waals surface area contributed by atoms with Crippen LogP contribution in [0, 0.1) is 0 Å². The topological polar surface area (TPSA) is 115 Å². The highest BCUT2D eigenvalue weighted by Gasteiger charge is 2.26. The fourth-order valence-electron chi connectivity index (χ4n) is 4.45. The molecule has 1 unspecified atom stereocenters. The summed E-state index contributed by atoms with van der Waals surface area (Å²) < 4.78 is 28.8. The molecule has 11 heteroatoms. The van der Waals surface area contributed by atoms with E-state index in [1.54, 1.807) is 19.2 Å². The predicted molar refractivity (Wildman–Crippen MR) is 127 cm³/mol. The van der Waals surface area contributed by atoms with Crippen LogP contribution in [0.3, 0.4) is 0 Å². The molecule has 2 aliphatic rings. The summed E-state index contributed by atoms with van der Waals surface area (Å²) in [6.45, 7) is 3.13. The predicted octanol–water partition coefficient (Wildman–Crippen LogP) is 1.72. The molecule has 0 bridgehead atoms. The van der Waals surface area contributed by atoms with Gasteiger partial charge < -0.3 is 35.1 Å². The highest BCUT2D eigenvalue weighted by Crippen LogP contribution is 2.35. The van der Waals surface area contributed by atoms with E-state index in [0.717, 1.165) is 13.0 Å². The molecular weight excluding hydrogens is 443 g/mol. The summed E-state index contributed by atoms with van der Waals surface area (Å²) in [7, 11) is 1.59. The molecule has 3 N–H and O–H groups in total. The molecule has 2 aliphatic heterocycles. The summed E-state index contributed by atoms with van der Waals surface area (Å²) in [4.78, 5) is 25.8. The molecular formula is C23H33FN6O4. The van der Waals surface area contributed by atoms with E-state index in [2.05, 4.69) is 15.3 Å². The third-order valence-electron chi connectivity index (χ3n) is 6.27. The summed E-state index contributed by atoms with van der Waals surface area (Å²) in [6, 6.07) is 3.58. The Balaban J connectivity index is 1.46. The number of hydrogen-bond donors (Lipinski definition) is 2. The van der Waals surface area contributed by atoms with Gasteiger partial charge in [0.1, 0.15) is 23.9 Å². The minimum Gasteiger partial charge on any atom is -0.491 e. The first kappa shape index (κ1) is 24.2. The summed E-state index contributed by atoms with van der Waals surface area (Å²) >= 11 is 0. The summed E-state index contributed by atoms with van der Waals surface area (Å²) in [5.74, 6) is 1.55. The number of aromatic nitrogens is 2. The Bertz CT molecular complexity index is 980. The molecule has 186 valence electrons. The van der Waals surface area contributed by atoms with Crippen LogP contribution in [-0.2, 0) is 9.53 Å². The number of piperazine rings is 1. The highest BCUT2D eigenvalue weighted by molar-refractivity contribution is 5.95. The number of halogens is 1. The fraction of sp³-hybridized carbons (Fsp3) is 0.609. The van der Waals surface area contributed by atoms with E-state index < -0.39 is 6.86 Å². The number of benzene rings is 1. The summed E-state index contributed by atoms with van der Waals surface area (Å²) in [5, 5.41) is 3.88. The van der Waals surface area contributed by atoms with E-state index in [-0.39, 0.29) is 23.5 Å². The Morgan fingerprint density at radius 3 is 2.71 bits per heavy atom. The average Bonchev–Trinajstić information content (AvgIpc) is 2.85. The summed E-state index contributed by atoms with van der Waals surface area (Å²) in [6.07, 6.45) is 3.96. The van der Waals surface area contributed by atoms with Gasteiger partial charge in [-0.3, -0.25) is 4.79 Å². The number of piperidine rings is 1. The van der Waals surface area contributed by atoms with E-state index >= 15 is 0 Å². The number of ether oxygens (including phenoxy) is 3. The largest absolute Gasteiger partial charge is 0.491 e. The number of nitrogens with one attached hydrogen (secondary N) is 1. The molecule has 4 rings (SSSR count). The van der Waals surface area contributed by atoms with Gasteiger partial charge in [0, 0.05) is 57.9 Å². The molecule has 2 saturated heterocycles. The zero-order valence-electron chi connectivity index (χ0n) is 19.6. The molecule has 0 spiro atoms. The molecule has 1 aromatic carbocycles. The van der Waals surface area contributed by atoms with Gasteiger partial charge in [0.25, 0.3) is 0 Å². The normalized spacial score (nSPS) is 18.8. The minimum absolute atomic E-state index is 0.184. The number of amides is 1. The molecule has 1 amide bonds. The number of nitrogen functional groups attached to an aromatic ring is 1. The van der Waals surface area contributed by atoms with Crippen LogP contribution in [0.25, 0.3) is 10.9 Å². The average molecular weight is 477 g/mol. The second-order valence-electron chi connectivity index (χ2n) is 8.54. The van der Waals surface area contributed by atoms with Gasteiger partial charge in [-0.1, -0.05) is 6.42 Å². The van der Waals surface area contributed by atoms with Crippen LogP contribution < -0.4 is 25.4 Å². The number of rotatable bonds is 9. The second-order valence-corrected chi connectivity index (χ2v) is 8.54. The van der Waals surface area contributed by atoms with Crippen LogP contribution in [0.5, 0.6) is 11.5 Å². The maximum atomic E-state index is 13.0. The van der Waals surface area contributed by atoms with Crippen molar-refractivity contribution in [3.8, 4) is 11.5 Å². The first-order valence-corrected chi connectivity index (χ1v) is 11.8. The first-order chi connectivity index (χ1) is 16.6. The lowest BCUT2D eigenvalue weighted by atomic mass is 10.0. The minimum atomic E-state index is -1.01. The number of methoxy groups -OCH3 is 1. The standard InChI is InChI=1S/C23H33FN6O4/c1-32-10-11-33-17-13-18-21(19(14-17)34-15-24)22(25)28-23(27-18)30-8-6-29(7-9-30)20(31)12-16-4-2-3-5-26-16/h13-14,16,26H,2-12,15H2,1H3,(H2,25,27,28). The monoisotopic (exact) mass is 476 g/mol. The van der Waals surface area contributed by atoms with Crippen molar-refractivity contribution in [1.82, 2.24) is 20.2 Å². The van der Waals surface area contributed by atoms with E-state index in [9.17, 15) is 9.18 Å². The van der Waals surface area contributed by atoms with Gasteiger partial charge in [-0.05, 0) is 19.4 Å². The van der Waals surface area contributed by atoms with Crippen LogP contribution in [0.15, 0.2) is 12.1 Å².